The first-order chi connectivity index (χ1) is 10.1. The molecule has 0 spiro atoms. The molecule has 0 bridgehead atoms. The average Bonchev–Trinajstić information content (AvgIpc) is 2.67. The van der Waals surface area contributed by atoms with Crippen LogP contribution in [0.3, 0.4) is 0 Å². The van der Waals surface area contributed by atoms with Crippen LogP contribution in [-0.2, 0) is 9.59 Å². The van der Waals surface area contributed by atoms with E-state index in [1.807, 2.05) is 25.1 Å². The number of carbonyl (C=O) groups is 2. The predicted molar refractivity (Wildman–Crippen MR) is 80.2 cm³/mol. The molecule has 1 heterocycles. The van der Waals surface area contributed by atoms with Crippen LogP contribution >= 0.6 is 0 Å². The standard InChI is InChI=1S/C16H22N2O3/c1-12-3-4-14(11-13(12)2)21-10-6-16(20)18-8-5-15(19)17-7-9-18/h3-4,11H,5-10H2,1-2H3,(H,17,19). The van der Waals surface area contributed by atoms with Crippen LogP contribution in [0.2, 0.25) is 0 Å². The molecule has 0 radical (unpaired) electrons. The zero-order chi connectivity index (χ0) is 15.2. The van der Waals surface area contributed by atoms with Gasteiger partial charge in [0.25, 0.3) is 0 Å². The van der Waals surface area contributed by atoms with E-state index in [1.54, 1.807) is 4.90 Å². The van der Waals surface area contributed by atoms with Crippen LogP contribution in [-0.4, -0.2) is 43.0 Å². The molecule has 0 atom stereocenters. The maximum absolute atomic E-state index is 12.1. The summed E-state index contributed by atoms with van der Waals surface area (Å²) >= 11 is 0. The normalized spacial score (nSPS) is 15.3. The molecule has 5 heteroatoms. The first-order valence-electron chi connectivity index (χ1n) is 7.31. The molecular formula is C16H22N2O3. The zero-order valence-electron chi connectivity index (χ0n) is 12.6. The van der Waals surface area contributed by atoms with Crippen molar-refractivity contribution in [2.75, 3.05) is 26.2 Å². The summed E-state index contributed by atoms with van der Waals surface area (Å²) in [5.41, 5.74) is 2.40. The van der Waals surface area contributed by atoms with Gasteiger partial charge in [-0.2, -0.15) is 0 Å². The van der Waals surface area contributed by atoms with E-state index in [9.17, 15) is 9.59 Å². The Morgan fingerprint density at radius 2 is 2.10 bits per heavy atom. The van der Waals surface area contributed by atoms with Gasteiger partial charge in [-0.15, -0.1) is 0 Å². The van der Waals surface area contributed by atoms with Crippen LogP contribution in [0.25, 0.3) is 0 Å². The molecule has 5 nitrogen and oxygen atoms in total. The third kappa shape index (κ3) is 4.48. The van der Waals surface area contributed by atoms with Crippen molar-refractivity contribution in [2.24, 2.45) is 0 Å². The summed E-state index contributed by atoms with van der Waals surface area (Å²) in [7, 11) is 0. The van der Waals surface area contributed by atoms with Gasteiger partial charge in [-0.05, 0) is 37.1 Å². The molecule has 0 aromatic heterocycles. The lowest BCUT2D eigenvalue weighted by atomic mass is 10.1. The Labute approximate surface area is 125 Å². The Hall–Kier alpha value is -2.04. The van der Waals surface area contributed by atoms with Gasteiger partial charge in [-0.1, -0.05) is 6.07 Å². The van der Waals surface area contributed by atoms with Crippen molar-refractivity contribution in [2.45, 2.75) is 26.7 Å². The van der Waals surface area contributed by atoms with Crippen LogP contribution in [0.1, 0.15) is 24.0 Å². The van der Waals surface area contributed by atoms with Crippen molar-refractivity contribution >= 4 is 11.8 Å². The minimum absolute atomic E-state index is 0.0108. The lowest BCUT2D eigenvalue weighted by molar-refractivity contribution is -0.131. The Balaban J connectivity index is 1.78. The Morgan fingerprint density at radius 3 is 2.86 bits per heavy atom. The van der Waals surface area contributed by atoms with Crippen LogP contribution in [0.4, 0.5) is 0 Å². The molecule has 0 aliphatic carbocycles. The van der Waals surface area contributed by atoms with E-state index in [-0.39, 0.29) is 11.8 Å². The summed E-state index contributed by atoms with van der Waals surface area (Å²) in [5, 5.41) is 2.76. The second kappa shape index (κ2) is 7.11. The van der Waals surface area contributed by atoms with Crippen molar-refractivity contribution in [1.29, 1.82) is 0 Å². The SMILES string of the molecule is Cc1ccc(OCCC(=O)N2CCNC(=O)CC2)cc1C. The number of amides is 2. The second-order valence-electron chi connectivity index (χ2n) is 5.33. The van der Waals surface area contributed by atoms with Gasteiger partial charge >= 0.3 is 0 Å². The Kier molecular flexibility index (Phi) is 5.20. The summed E-state index contributed by atoms with van der Waals surface area (Å²) in [6, 6.07) is 5.91. The fraction of sp³-hybridized carbons (Fsp3) is 0.500. The highest BCUT2D eigenvalue weighted by molar-refractivity contribution is 5.80. The molecule has 1 fully saturated rings. The van der Waals surface area contributed by atoms with E-state index in [4.69, 9.17) is 4.74 Å². The first kappa shape index (κ1) is 15.4. The average molecular weight is 290 g/mol. The third-order valence-electron chi connectivity index (χ3n) is 3.73. The summed E-state index contributed by atoms with van der Waals surface area (Å²) in [5.74, 6) is 0.839. The highest BCUT2D eigenvalue weighted by atomic mass is 16.5. The molecule has 114 valence electrons. The summed E-state index contributed by atoms with van der Waals surface area (Å²) in [4.78, 5) is 25.0. The van der Waals surface area contributed by atoms with Crippen molar-refractivity contribution in [3.63, 3.8) is 0 Å². The zero-order valence-corrected chi connectivity index (χ0v) is 12.6. The summed E-state index contributed by atoms with van der Waals surface area (Å²) < 4.78 is 5.63. The number of benzene rings is 1. The molecule has 2 amide bonds. The number of aryl methyl sites for hydroxylation is 2. The largest absolute Gasteiger partial charge is 0.493 e. The highest BCUT2D eigenvalue weighted by Gasteiger charge is 2.18. The van der Waals surface area contributed by atoms with E-state index in [1.165, 1.54) is 11.1 Å². The first-order valence-corrected chi connectivity index (χ1v) is 7.31. The maximum Gasteiger partial charge on any atom is 0.226 e. The van der Waals surface area contributed by atoms with Gasteiger partial charge in [0.05, 0.1) is 13.0 Å². The molecular weight excluding hydrogens is 268 g/mol. The number of rotatable bonds is 4. The molecule has 1 aromatic rings. The van der Waals surface area contributed by atoms with E-state index in [2.05, 4.69) is 12.2 Å². The quantitative estimate of drug-likeness (QED) is 0.912. The van der Waals surface area contributed by atoms with Gasteiger partial charge in [0.1, 0.15) is 5.75 Å². The van der Waals surface area contributed by atoms with E-state index in [0.29, 0.717) is 39.1 Å². The number of nitrogens with zero attached hydrogens (tertiary/aromatic N) is 1. The van der Waals surface area contributed by atoms with E-state index < -0.39 is 0 Å². The number of ether oxygens (including phenoxy) is 1. The van der Waals surface area contributed by atoms with Crippen molar-refractivity contribution in [3.8, 4) is 5.75 Å². The molecule has 1 aromatic carbocycles. The van der Waals surface area contributed by atoms with Gasteiger partial charge in [0.2, 0.25) is 11.8 Å². The van der Waals surface area contributed by atoms with Crippen molar-refractivity contribution in [1.82, 2.24) is 10.2 Å². The Morgan fingerprint density at radius 1 is 1.29 bits per heavy atom. The van der Waals surface area contributed by atoms with Gasteiger partial charge in [-0.25, -0.2) is 0 Å². The van der Waals surface area contributed by atoms with Crippen LogP contribution < -0.4 is 10.1 Å². The lowest BCUT2D eigenvalue weighted by Gasteiger charge is -2.19. The van der Waals surface area contributed by atoms with Crippen LogP contribution in [0, 0.1) is 13.8 Å². The van der Waals surface area contributed by atoms with Crippen molar-refractivity contribution in [3.05, 3.63) is 29.3 Å². The highest BCUT2D eigenvalue weighted by Crippen LogP contribution is 2.16. The van der Waals surface area contributed by atoms with Gasteiger partial charge in [0, 0.05) is 26.1 Å². The predicted octanol–water partition coefficient (Wildman–Crippen LogP) is 1.42. The number of carbonyl (C=O) groups excluding carboxylic acids is 2. The Bertz CT molecular complexity index is 528. The minimum Gasteiger partial charge on any atom is -0.493 e. The minimum atomic E-state index is 0.0108. The molecule has 1 aliphatic rings. The van der Waals surface area contributed by atoms with Crippen LogP contribution in [0.5, 0.6) is 5.75 Å². The fourth-order valence-electron chi connectivity index (χ4n) is 2.23. The molecule has 0 unspecified atom stereocenters. The maximum atomic E-state index is 12.1. The van der Waals surface area contributed by atoms with Crippen LogP contribution in [0.15, 0.2) is 18.2 Å². The molecule has 1 N–H and O–H groups in total. The van der Waals surface area contributed by atoms with Gasteiger partial charge < -0.3 is 15.0 Å². The summed E-state index contributed by atoms with van der Waals surface area (Å²) in [6.07, 6.45) is 0.713. The molecule has 21 heavy (non-hydrogen) atoms. The summed E-state index contributed by atoms with van der Waals surface area (Å²) in [6.45, 7) is 6.05. The molecule has 1 saturated heterocycles. The molecule has 0 saturated carbocycles. The second-order valence-corrected chi connectivity index (χ2v) is 5.33. The number of hydrogen-bond acceptors (Lipinski definition) is 3. The lowest BCUT2D eigenvalue weighted by Crippen LogP contribution is -2.34. The molecule has 2 rings (SSSR count). The van der Waals surface area contributed by atoms with Gasteiger partial charge in [-0.3, -0.25) is 9.59 Å². The van der Waals surface area contributed by atoms with Gasteiger partial charge in [0.15, 0.2) is 0 Å². The van der Waals surface area contributed by atoms with E-state index in [0.717, 1.165) is 5.75 Å². The number of hydrogen-bond donors (Lipinski definition) is 1. The van der Waals surface area contributed by atoms with E-state index >= 15 is 0 Å². The fourth-order valence-corrected chi connectivity index (χ4v) is 2.23. The third-order valence-corrected chi connectivity index (χ3v) is 3.73. The topological polar surface area (TPSA) is 58.6 Å². The smallest absolute Gasteiger partial charge is 0.226 e. The number of nitrogens with one attached hydrogen (secondary N) is 1. The van der Waals surface area contributed by atoms with Crippen molar-refractivity contribution < 1.29 is 14.3 Å². The molecule has 1 aliphatic heterocycles. The monoisotopic (exact) mass is 290 g/mol.